The Morgan fingerprint density at radius 1 is 1.25 bits per heavy atom. The number of hydrogen-bond acceptors (Lipinski definition) is 2. The zero-order valence-electron chi connectivity index (χ0n) is 9.22. The SMILES string of the molecule is Cc1ccc(N2CCN(CC=O)C2=O)cc1. The van der Waals surface area contributed by atoms with Crippen LogP contribution in [0.2, 0.25) is 0 Å². The molecule has 84 valence electrons. The van der Waals surface area contributed by atoms with Crippen molar-refractivity contribution in [3.63, 3.8) is 0 Å². The zero-order chi connectivity index (χ0) is 11.5. The molecule has 0 aliphatic carbocycles. The van der Waals surface area contributed by atoms with Crippen LogP contribution in [0.15, 0.2) is 24.3 Å². The molecule has 0 radical (unpaired) electrons. The second-order valence-corrected chi connectivity index (χ2v) is 3.88. The van der Waals surface area contributed by atoms with Gasteiger partial charge in [0.2, 0.25) is 0 Å². The Morgan fingerprint density at radius 2 is 1.94 bits per heavy atom. The van der Waals surface area contributed by atoms with Gasteiger partial charge in [0.1, 0.15) is 6.29 Å². The molecule has 1 heterocycles. The molecule has 1 fully saturated rings. The number of carbonyl (C=O) groups excluding carboxylic acids is 2. The van der Waals surface area contributed by atoms with Crippen LogP contribution in [0, 0.1) is 6.92 Å². The highest BCUT2D eigenvalue weighted by Crippen LogP contribution is 2.20. The number of aryl methyl sites for hydroxylation is 1. The van der Waals surface area contributed by atoms with Crippen molar-refractivity contribution >= 4 is 18.0 Å². The van der Waals surface area contributed by atoms with Gasteiger partial charge in [-0.15, -0.1) is 0 Å². The number of hydrogen-bond donors (Lipinski definition) is 0. The van der Waals surface area contributed by atoms with Gasteiger partial charge in [-0.1, -0.05) is 17.7 Å². The molecular formula is C12H14N2O2. The molecule has 0 aromatic heterocycles. The van der Waals surface area contributed by atoms with Gasteiger partial charge in [-0.2, -0.15) is 0 Å². The fourth-order valence-corrected chi connectivity index (χ4v) is 1.81. The first-order valence-corrected chi connectivity index (χ1v) is 5.29. The van der Waals surface area contributed by atoms with Gasteiger partial charge in [0.05, 0.1) is 6.54 Å². The van der Waals surface area contributed by atoms with E-state index in [-0.39, 0.29) is 12.6 Å². The Morgan fingerprint density at radius 3 is 2.56 bits per heavy atom. The predicted octanol–water partition coefficient (Wildman–Crippen LogP) is 1.44. The maximum Gasteiger partial charge on any atom is 0.324 e. The molecule has 0 spiro atoms. The second-order valence-electron chi connectivity index (χ2n) is 3.88. The number of amides is 2. The lowest BCUT2D eigenvalue weighted by atomic mass is 10.2. The Balaban J connectivity index is 2.15. The first-order valence-electron chi connectivity index (χ1n) is 5.29. The fraction of sp³-hybridized carbons (Fsp3) is 0.333. The molecule has 0 N–H and O–H groups in total. The van der Waals surface area contributed by atoms with Crippen LogP contribution in [0.4, 0.5) is 10.5 Å². The first kappa shape index (κ1) is 10.7. The molecule has 4 heteroatoms. The van der Waals surface area contributed by atoms with E-state index in [1.807, 2.05) is 31.2 Å². The number of rotatable bonds is 3. The van der Waals surface area contributed by atoms with Crippen LogP contribution in [0.3, 0.4) is 0 Å². The molecule has 2 rings (SSSR count). The highest BCUT2D eigenvalue weighted by molar-refractivity contribution is 5.95. The summed E-state index contributed by atoms with van der Waals surface area (Å²) in [5.41, 5.74) is 2.06. The summed E-state index contributed by atoms with van der Waals surface area (Å²) in [6.07, 6.45) is 0.760. The van der Waals surface area contributed by atoms with Crippen LogP contribution in [0.1, 0.15) is 5.56 Å². The van der Waals surface area contributed by atoms with Crippen molar-refractivity contribution in [1.29, 1.82) is 0 Å². The van der Waals surface area contributed by atoms with Gasteiger partial charge in [0, 0.05) is 18.8 Å². The highest BCUT2D eigenvalue weighted by Gasteiger charge is 2.28. The normalized spacial score (nSPS) is 15.7. The summed E-state index contributed by atoms with van der Waals surface area (Å²) in [4.78, 5) is 25.5. The van der Waals surface area contributed by atoms with Crippen LogP contribution in [-0.2, 0) is 4.79 Å². The largest absolute Gasteiger partial charge is 0.324 e. The third kappa shape index (κ3) is 1.91. The molecule has 0 bridgehead atoms. The average molecular weight is 218 g/mol. The van der Waals surface area contributed by atoms with Crippen molar-refractivity contribution < 1.29 is 9.59 Å². The van der Waals surface area contributed by atoms with E-state index in [0.29, 0.717) is 13.1 Å². The number of urea groups is 1. The molecule has 0 atom stereocenters. The lowest BCUT2D eigenvalue weighted by Crippen LogP contribution is -2.32. The number of benzene rings is 1. The quantitative estimate of drug-likeness (QED) is 0.720. The van der Waals surface area contributed by atoms with E-state index >= 15 is 0 Å². The van der Waals surface area contributed by atoms with E-state index in [1.165, 1.54) is 5.56 Å². The summed E-state index contributed by atoms with van der Waals surface area (Å²) in [6.45, 7) is 3.46. The molecule has 2 amide bonds. The monoisotopic (exact) mass is 218 g/mol. The molecule has 4 nitrogen and oxygen atoms in total. The second kappa shape index (κ2) is 4.35. The summed E-state index contributed by atoms with van der Waals surface area (Å²) >= 11 is 0. The van der Waals surface area contributed by atoms with Crippen molar-refractivity contribution in [3.8, 4) is 0 Å². The summed E-state index contributed by atoms with van der Waals surface area (Å²) in [5, 5.41) is 0. The summed E-state index contributed by atoms with van der Waals surface area (Å²) < 4.78 is 0. The van der Waals surface area contributed by atoms with Gasteiger partial charge in [-0.05, 0) is 19.1 Å². The number of nitrogens with zero attached hydrogens (tertiary/aromatic N) is 2. The van der Waals surface area contributed by atoms with Crippen LogP contribution in [0.25, 0.3) is 0 Å². The molecule has 1 aromatic rings. The van der Waals surface area contributed by atoms with Crippen molar-refractivity contribution in [2.75, 3.05) is 24.5 Å². The Labute approximate surface area is 94.5 Å². The third-order valence-corrected chi connectivity index (χ3v) is 2.74. The highest BCUT2D eigenvalue weighted by atomic mass is 16.2. The molecule has 0 unspecified atom stereocenters. The van der Waals surface area contributed by atoms with Gasteiger partial charge >= 0.3 is 6.03 Å². The standard InChI is InChI=1S/C12H14N2O2/c1-10-2-4-11(5-3-10)14-7-6-13(8-9-15)12(14)16/h2-5,9H,6-8H2,1H3. The lowest BCUT2D eigenvalue weighted by Gasteiger charge is -2.17. The van der Waals surface area contributed by atoms with E-state index < -0.39 is 0 Å². The van der Waals surface area contributed by atoms with E-state index in [0.717, 1.165) is 12.0 Å². The molecule has 0 saturated carbocycles. The topological polar surface area (TPSA) is 40.6 Å². The lowest BCUT2D eigenvalue weighted by molar-refractivity contribution is -0.108. The maximum atomic E-state index is 11.9. The smallest absolute Gasteiger partial charge is 0.316 e. The summed E-state index contributed by atoms with van der Waals surface area (Å²) in [6, 6.07) is 7.72. The minimum absolute atomic E-state index is 0.0871. The maximum absolute atomic E-state index is 11.9. The van der Waals surface area contributed by atoms with Gasteiger partial charge in [-0.25, -0.2) is 4.79 Å². The molecule has 1 aromatic carbocycles. The molecule has 1 aliphatic heterocycles. The van der Waals surface area contributed by atoms with Crippen molar-refractivity contribution in [2.45, 2.75) is 6.92 Å². The van der Waals surface area contributed by atoms with Crippen molar-refractivity contribution in [1.82, 2.24) is 4.90 Å². The van der Waals surface area contributed by atoms with Crippen LogP contribution >= 0.6 is 0 Å². The Kier molecular flexibility index (Phi) is 2.90. The van der Waals surface area contributed by atoms with Crippen LogP contribution < -0.4 is 4.90 Å². The molecular weight excluding hydrogens is 204 g/mol. The fourth-order valence-electron chi connectivity index (χ4n) is 1.81. The van der Waals surface area contributed by atoms with E-state index in [2.05, 4.69) is 0 Å². The summed E-state index contributed by atoms with van der Waals surface area (Å²) in [5.74, 6) is 0. The molecule has 16 heavy (non-hydrogen) atoms. The third-order valence-electron chi connectivity index (χ3n) is 2.74. The molecule has 1 saturated heterocycles. The number of carbonyl (C=O) groups is 2. The number of anilines is 1. The van der Waals surface area contributed by atoms with E-state index in [1.54, 1.807) is 9.80 Å². The predicted molar refractivity (Wildman–Crippen MR) is 61.6 cm³/mol. The van der Waals surface area contributed by atoms with Crippen molar-refractivity contribution in [2.24, 2.45) is 0 Å². The zero-order valence-corrected chi connectivity index (χ0v) is 9.22. The van der Waals surface area contributed by atoms with Gasteiger partial charge in [-0.3, -0.25) is 4.90 Å². The molecule has 1 aliphatic rings. The van der Waals surface area contributed by atoms with Crippen LogP contribution in [0.5, 0.6) is 0 Å². The first-order chi connectivity index (χ1) is 7.72. The van der Waals surface area contributed by atoms with Gasteiger partial charge in [0.15, 0.2) is 0 Å². The van der Waals surface area contributed by atoms with Crippen LogP contribution in [-0.4, -0.2) is 36.9 Å². The van der Waals surface area contributed by atoms with Crippen molar-refractivity contribution in [3.05, 3.63) is 29.8 Å². The number of aldehydes is 1. The summed E-state index contributed by atoms with van der Waals surface area (Å²) in [7, 11) is 0. The van der Waals surface area contributed by atoms with Gasteiger partial charge in [0.25, 0.3) is 0 Å². The van der Waals surface area contributed by atoms with Gasteiger partial charge < -0.3 is 9.69 Å². The average Bonchev–Trinajstić information content (AvgIpc) is 2.63. The Bertz CT molecular complexity index is 400. The van der Waals surface area contributed by atoms with E-state index in [9.17, 15) is 9.59 Å². The minimum Gasteiger partial charge on any atom is -0.316 e. The Hall–Kier alpha value is -1.84. The minimum atomic E-state index is -0.0871. The van der Waals surface area contributed by atoms with E-state index in [4.69, 9.17) is 0 Å².